The minimum atomic E-state index is 0.293. The molecule has 0 atom stereocenters. The van der Waals surface area contributed by atoms with Crippen molar-refractivity contribution in [2.24, 2.45) is 0 Å². The molecule has 0 amide bonds. The Kier molecular flexibility index (Phi) is 3.00. The van der Waals surface area contributed by atoms with Gasteiger partial charge in [0.1, 0.15) is 17.2 Å². The summed E-state index contributed by atoms with van der Waals surface area (Å²) in [6.45, 7) is 1.90. The van der Waals surface area contributed by atoms with Crippen molar-refractivity contribution < 1.29 is 4.74 Å². The lowest BCUT2D eigenvalue weighted by molar-refractivity contribution is 0.445. The minimum absolute atomic E-state index is 0.293. The molecule has 2 heterocycles. The first kappa shape index (κ1) is 12.2. The largest absolute Gasteiger partial charge is 0.439 e. The third kappa shape index (κ3) is 2.34. The molecule has 0 aliphatic rings. The normalized spacial score (nSPS) is 10.9. The van der Waals surface area contributed by atoms with Gasteiger partial charge in [0.15, 0.2) is 0 Å². The molecule has 2 aromatic heterocycles. The average molecular weight is 295 g/mol. The number of fused-ring (bicyclic) bond motifs is 1. The number of aromatic nitrogens is 4. The van der Waals surface area contributed by atoms with Crippen LogP contribution >= 0.6 is 23.2 Å². The van der Waals surface area contributed by atoms with Crippen molar-refractivity contribution >= 4 is 29.0 Å². The van der Waals surface area contributed by atoms with E-state index < -0.39 is 0 Å². The summed E-state index contributed by atoms with van der Waals surface area (Å²) < 4.78 is 7.21. The smallest absolute Gasteiger partial charge is 0.256 e. The summed E-state index contributed by atoms with van der Waals surface area (Å²) in [5, 5.41) is 5.01. The van der Waals surface area contributed by atoms with Crippen LogP contribution in [0.25, 0.3) is 5.78 Å². The van der Waals surface area contributed by atoms with Crippen LogP contribution in [0.2, 0.25) is 10.2 Å². The first-order chi connectivity index (χ1) is 9.13. The molecular weight excluding hydrogens is 287 g/mol. The molecule has 1 aromatic carbocycles. The Labute approximate surface area is 118 Å². The Balaban J connectivity index is 2.04. The van der Waals surface area contributed by atoms with Crippen molar-refractivity contribution in [2.75, 3.05) is 0 Å². The van der Waals surface area contributed by atoms with Crippen LogP contribution in [0, 0.1) is 6.92 Å². The summed E-state index contributed by atoms with van der Waals surface area (Å²) in [6.07, 6.45) is 1.39. The molecular formula is C12H8Cl2N4O. The van der Waals surface area contributed by atoms with E-state index in [2.05, 4.69) is 15.1 Å². The molecule has 0 fully saturated rings. The zero-order valence-electron chi connectivity index (χ0n) is 9.84. The molecule has 0 N–H and O–H groups in total. The van der Waals surface area contributed by atoms with Crippen molar-refractivity contribution in [1.29, 1.82) is 0 Å². The van der Waals surface area contributed by atoms with Gasteiger partial charge in [-0.05, 0) is 30.7 Å². The Bertz CT molecular complexity index is 757. The molecule has 0 radical (unpaired) electrons. The maximum atomic E-state index is 5.97. The number of ether oxygens (including phenoxy) is 1. The molecule has 96 valence electrons. The number of rotatable bonds is 2. The van der Waals surface area contributed by atoms with E-state index >= 15 is 0 Å². The van der Waals surface area contributed by atoms with Gasteiger partial charge in [-0.1, -0.05) is 23.2 Å². The number of hydrogen-bond donors (Lipinski definition) is 0. The van der Waals surface area contributed by atoms with Gasteiger partial charge in [0.2, 0.25) is 5.88 Å². The van der Waals surface area contributed by atoms with Crippen molar-refractivity contribution in [3.05, 3.63) is 46.3 Å². The van der Waals surface area contributed by atoms with Gasteiger partial charge >= 0.3 is 0 Å². The number of halogens is 2. The molecule has 19 heavy (non-hydrogen) atoms. The lowest BCUT2D eigenvalue weighted by Crippen LogP contribution is -1.98. The molecule has 0 saturated heterocycles. The summed E-state index contributed by atoms with van der Waals surface area (Å²) in [6, 6.07) is 6.95. The summed E-state index contributed by atoms with van der Waals surface area (Å²) in [4.78, 5) is 7.99. The highest BCUT2D eigenvalue weighted by Gasteiger charge is 2.09. The van der Waals surface area contributed by atoms with Gasteiger partial charge in [0.05, 0.1) is 0 Å². The third-order valence-corrected chi connectivity index (χ3v) is 3.16. The average Bonchev–Trinajstić information content (AvgIpc) is 2.82. The zero-order chi connectivity index (χ0) is 13.4. The van der Waals surface area contributed by atoms with E-state index in [-0.39, 0.29) is 0 Å². The SMILES string of the molecule is Cc1cc(Oc2cc(Cl)nc3ncnn23)ccc1Cl. The van der Waals surface area contributed by atoms with E-state index in [1.807, 2.05) is 13.0 Å². The fraction of sp³-hybridized carbons (Fsp3) is 0.0833. The van der Waals surface area contributed by atoms with Gasteiger partial charge < -0.3 is 4.74 Å². The predicted octanol–water partition coefficient (Wildman–Crippen LogP) is 3.53. The summed E-state index contributed by atoms with van der Waals surface area (Å²) in [5.41, 5.74) is 0.925. The molecule has 0 unspecified atom stereocenters. The molecule has 0 spiro atoms. The van der Waals surface area contributed by atoms with Crippen LogP contribution < -0.4 is 4.74 Å². The van der Waals surface area contributed by atoms with Crippen LogP contribution in [0.3, 0.4) is 0 Å². The molecule has 5 nitrogen and oxygen atoms in total. The second kappa shape index (κ2) is 4.68. The molecule has 3 rings (SSSR count). The van der Waals surface area contributed by atoms with Crippen molar-refractivity contribution in [1.82, 2.24) is 19.6 Å². The third-order valence-electron chi connectivity index (χ3n) is 2.54. The molecule has 3 aromatic rings. The van der Waals surface area contributed by atoms with Crippen LogP contribution in [-0.2, 0) is 0 Å². The van der Waals surface area contributed by atoms with Crippen molar-refractivity contribution in [3.8, 4) is 11.6 Å². The number of hydrogen-bond acceptors (Lipinski definition) is 4. The maximum Gasteiger partial charge on any atom is 0.256 e. The Morgan fingerprint density at radius 2 is 2.05 bits per heavy atom. The molecule has 0 saturated carbocycles. The Morgan fingerprint density at radius 3 is 2.84 bits per heavy atom. The van der Waals surface area contributed by atoms with Crippen LogP contribution in [0.1, 0.15) is 5.56 Å². The Morgan fingerprint density at radius 1 is 1.21 bits per heavy atom. The quantitative estimate of drug-likeness (QED) is 0.679. The topological polar surface area (TPSA) is 52.3 Å². The van der Waals surface area contributed by atoms with Crippen molar-refractivity contribution in [3.63, 3.8) is 0 Å². The number of benzene rings is 1. The van der Waals surface area contributed by atoms with Gasteiger partial charge in [0, 0.05) is 11.1 Å². The second-order valence-electron chi connectivity index (χ2n) is 3.90. The van der Waals surface area contributed by atoms with E-state index in [9.17, 15) is 0 Å². The van der Waals surface area contributed by atoms with Gasteiger partial charge in [-0.3, -0.25) is 0 Å². The Hall–Kier alpha value is -1.85. The molecule has 0 aliphatic heterocycles. The van der Waals surface area contributed by atoms with Crippen LogP contribution in [-0.4, -0.2) is 19.6 Å². The zero-order valence-corrected chi connectivity index (χ0v) is 11.4. The van der Waals surface area contributed by atoms with Gasteiger partial charge in [-0.15, -0.1) is 0 Å². The number of nitrogens with zero attached hydrogens (tertiary/aromatic N) is 4. The van der Waals surface area contributed by atoms with Gasteiger partial charge in [-0.25, -0.2) is 0 Å². The van der Waals surface area contributed by atoms with Gasteiger partial charge in [0.25, 0.3) is 5.78 Å². The fourth-order valence-electron chi connectivity index (χ4n) is 1.63. The van der Waals surface area contributed by atoms with Crippen LogP contribution in [0.5, 0.6) is 11.6 Å². The second-order valence-corrected chi connectivity index (χ2v) is 4.70. The highest BCUT2D eigenvalue weighted by Crippen LogP contribution is 2.27. The molecule has 0 aliphatic carbocycles. The highest BCUT2D eigenvalue weighted by atomic mass is 35.5. The van der Waals surface area contributed by atoms with E-state index in [1.165, 1.54) is 10.8 Å². The highest BCUT2D eigenvalue weighted by molar-refractivity contribution is 6.31. The molecule has 7 heteroatoms. The van der Waals surface area contributed by atoms with Crippen LogP contribution in [0.4, 0.5) is 0 Å². The number of aryl methyl sites for hydroxylation is 1. The summed E-state index contributed by atoms with van der Waals surface area (Å²) >= 11 is 11.9. The maximum absolute atomic E-state index is 5.97. The molecule has 0 bridgehead atoms. The standard InChI is InChI=1S/C12H8Cl2N4O/c1-7-4-8(2-3-9(7)13)19-11-5-10(14)17-12-15-6-16-18(11)12/h2-6H,1H3. The van der Waals surface area contributed by atoms with Crippen LogP contribution in [0.15, 0.2) is 30.6 Å². The minimum Gasteiger partial charge on any atom is -0.439 e. The van der Waals surface area contributed by atoms with E-state index in [1.54, 1.807) is 18.2 Å². The first-order valence-electron chi connectivity index (χ1n) is 5.44. The monoisotopic (exact) mass is 294 g/mol. The van der Waals surface area contributed by atoms with E-state index in [0.717, 1.165) is 5.56 Å². The first-order valence-corrected chi connectivity index (χ1v) is 6.19. The van der Waals surface area contributed by atoms with E-state index in [4.69, 9.17) is 27.9 Å². The summed E-state index contributed by atoms with van der Waals surface area (Å²) in [5.74, 6) is 1.46. The van der Waals surface area contributed by atoms with Gasteiger partial charge in [-0.2, -0.15) is 19.6 Å². The lowest BCUT2D eigenvalue weighted by atomic mass is 10.2. The lowest BCUT2D eigenvalue weighted by Gasteiger charge is -2.08. The predicted molar refractivity (Wildman–Crippen MR) is 72.1 cm³/mol. The van der Waals surface area contributed by atoms with Crippen molar-refractivity contribution in [2.45, 2.75) is 6.92 Å². The van der Waals surface area contributed by atoms with E-state index in [0.29, 0.717) is 27.6 Å². The summed E-state index contributed by atoms with van der Waals surface area (Å²) in [7, 11) is 0. The fourth-order valence-corrected chi connectivity index (χ4v) is 1.92.